The molecule has 4 heteroatoms. The number of hydrogen-bond donors (Lipinski definition) is 0. The molecule has 0 N–H and O–H groups in total. The van der Waals surface area contributed by atoms with E-state index in [9.17, 15) is 4.79 Å². The zero-order valence-electron chi connectivity index (χ0n) is 6.46. The van der Waals surface area contributed by atoms with E-state index in [4.69, 9.17) is 4.74 Å². The Morgan fingerprint density at radius 3 is 3.00 bits per heavy atom. The molecule has 11 heavy (non-hydrogen) atoms. The number of thiazole rings is 1. The first-order valence-electron chi connectivity index (χ1n) is 3.33. The van der Waals surface area contributed by atoms with Gasteiger partial charge in [0, 0.05) is 4.88 Å². The van der Waals surface area contributed by atoms with E-state index < -0.39 is 0 Å². The molecule has 0 aliphatic heterocycles. The summed E-state index contributed by atoms with van der Waals surface area (Å²) >= 11 is 1.45. The molecule has 3 nitrogen and oxygen atoms in total. The Hall–Kier alpha value is -0.900. The summed E-state index contributed by atoms with van der Waals surface area (Å²) in [5.41, 5.74) is 2.08. The van der Waals surface area contributed by atoms with E-state index in [1.54, 1.807) is 12.4 Å². The number of ether oxygens (including phenoxy) is 1. The van der Waals surface area contributed by atoms with Crippen LogP contribution in [-0.4, -0.2) is 17.6 Å². The minimum Gasteiger partial charge on any atom is -0.461 e. The Balaban J connectivity index is 2.76. The monoisotopic (exact) mass is 171 g/mol. The van der Waals surface area contributed by atoms with E-state index >= 15 is 0 Å². The van der Waals surface area contributed by atoms with Crippen LogP contribution < -0.4 is 0 Å². The third kappa shape index (κ3) is 1.77. The van der Waals surface area contributed by atoms with Gasteiger partial charge in [0.25, 0.3) is 0 Å². The SMILES string of the molecule is CCOC(=O)c1ncsc1C. The molecule has 0 bridgehead atoms. The van der Waals surface area contributed by atoms with Gasteiger partial charge in [-0.3, -0.25) is 0 Å². The summed E-state index contributed by atoms with van der Waals surface area (Å²) in [6.45, 7) is 4.03. The first kappa shape index (κ1) is 8.20. The normalized spacial score (nSPS) is 9.64. The lowest BCUT2D eigenvalue weighted by atomic mass is 10.4. The second-order valence-electron chi connectivity index (χ2n) is 1.98. The van der Waals surface area contributed by atoms with Crippen molar-refractivity contribution in [3.8, 4) is 0 Å². The number of rotatable bonds is 2. The third-order valence-corrected chi connectivity index (χ3v) is 1.97. The quantitative estimate of drug-likeness (QED) is 0.635. The number of aryl methyl sites for hydroxylation is 1. The molecule has 0 saturated carbocycles. The van der Waals surface area contributed by atoms with Gasteiger partial charge in [0.05, 0.1) is 12.1 Å². The van der Waals surface area contributed by atoms with E-state index in [0.29, 0.717) is 12.3 Å². The van der Waals surface area contributed by atoms with Crippen molar-refractivity contribution in [2.24, 2.45) is 0 Å². The number of nitrogens with zero attached hydrogens (tertiary/aromatic N) is 1. The van der Waals surface area contributed by atoms with Crippen LogP contribution in [0, 0.1) is 6.92 Å². The molecule has 1 rings (SSSR count). The van der Waals surface area contributed by atoms with Crippen LogP contribution in [0.1, 0.15) is 22.3 Å². The average Bonchev–Trinajstić information content (AvgIpc) is 2.36. The van der Waals surface area contributed by atoms with E-state index in [1.165, 1.54) is 11.3 Å². The highest BCUT2D eigenvalue weighted by Crippen LogP contribution is 2.11. The summed E-state index contributed by atoms with van der Waals surface area (Å²) in [7, 11) is 0. The molecule has 0 unspecified atom stereocenters. The Labute approximate surface area is 69.0 Å². The summed E-state index contributed by atoms with van der Waals surface area (Å²) in [5.74, 6) is -0.328. The topological polar surface area (TPSA) is 39.2 Å². The highest BCUT2D eigenvalue weighted by Gasteiger charge is 2.11. The van der Waals surface area contributed by atoms with E-state index in [1.807, 2.05) is 6.92 Å². The van der Waals surface area contributed by atoms with Gasteiger partial charge in [-0.2, -0.15) is 0 Å². The average molecular weight is 171 g/mol. The number of aromatic nitrogens is 1. The van der Waals surface area contributed by atoms with Crippen LogP contribution in [0.15, 0.2) is 5.51 Å². The van der Waals surface area contributed by atoms with Crippen LogP contribution in [0.4, 0.5) is 0 Å². The maximum atomic E-state index is 11.0. The Kier molecular flexibility index (Phi) is 2.59. The molecule has 60 valence electrons. The van der Waals surface area contributed by atoms with Gasteiger partial charge in [0.15, 0.2) is 5.69 Å². The summed E-state index contributed by atoms with van der Waals surface area (Å²) in [6, 6.07) is 0. The van der Waals surface area contributed by atoms with Crippen molar-refractivity contribution < 1.29 is 9.53 Å². The van der Waals surface area contributed by atoms with Crippen LogP contribution in [0.3, 0.4) is 0 Å². The fraction of sp³-hybridized carbons (Fsp3) is 0.429. The molecule has 1 heterocycles. The number of carbonyl (C=O) groups is 1. The molecule has 0 fully saturated rings. The number of esters is 1. The molecule has 1 aromatic heterocycles. The van der Waals surface area contributed by atoms with Gasteiger partial charge in [0.2, 0.25) is 0 Å². The lowest BCUT2D eigenvalue weighted by Crippen LogP contribution is -2.05. The van der Waals surface area contributed by atoms with Gasteiger partial charge in [-0.15, -0.1) is 11.3 Å². The van der Waals surface area contributed by atoms with Gasteiger partial charge >= 0.3 is 5.97 Å². The zero-order valence-corrected chi connectivity index (χ0v) is 7.27. The van der Waals surface area contributed by atoms with Gasteiger partial charge in [-0.05, 0) is 13.8 Å². The lowest BCUT2D eigenvalue weighted by molar-refractivity contribution is 0.0519. The maximum Gasteiger partial charge on any atom is 0.358 e. The predicted molar refractivity (Wildman–Crippen MR) is 42.8 cm³/mol. The molecule has 1 aromatic rings. The highest BCUT2D eigenvalue weighted by molar-refractivity contribution is 7.09. The highest BCUT2D eigenvalue weighted by atomic mass is 32.1. The van der Waals surface area contributed by atoms with E-state index in [-0.39, 0.29) is 5.97 Å². The fourth-order valence-electron chi connectivity index (χ4n) is 0.701. The lowest BCUT2D eigenvalue weighted by Gasteiger charge is -1.97. The van der Waals surface area contributed by atoms with Crippen LogP contribution in [-0.2, 0) is 4.74 Å². The minimum atomic E-state index is -0.328. The summed E-state index contributed by atoms with van der Waals surface area (Å²) in [6.07, 6.45) is 0. The van der Waals surface area contributed by atoms with Gasteiger partial charge in [-0.25, -0.2) is 9.78 Å². The van der Waals surface area contributed by atoms with Crippen LogP contribution >= 0.6 is 11.3 Å². The fourth-order valence-corrected chi connectivity index (χ4v) is 1.26. The van der Waals surface area contributed by atoms with Gasteiger partial charge < -0.3 is 4.74 Å². The molecular formula is C7H9NO2S. The predicted octanol–water partition coefficient (Wildman–Crippen LogP) is 1.63. The zero-order chi connectivity index (χ0) is 8.27. The van der Waals surface area contributed by atoms with Gasteiger partial charge in [0.1, 0.15) is 0 Å². The van der Waals surface area contributed by atoms with Crippen molar-refractivity contribution in [1.29, 1.82) is 0 Å². The standard InChI is InChI=1S/C7H9NO2S/c1-3-10-7(9)6-5(2)11-4-8-6/h4H,3H2,1-2H3. The van der Waals surface area contributed by atoms with Crippen molar-refractivity contribution >= 4 is 17.3 Å². The van der Waals surface area contributed by atoms with Crippen LogP contribution in [0.5, 0.6) is 0 Å². The molecule has 0 atom stereocenters. The minimum absolute atomic E-state index is 0.328. The molecule has 0 aromatic carbocycles. The smallest absolute Gasteiger partial charge is 0.358 e. The first-order valence-corrected chi connectivity index (χ1v) is 4.21. The molecule has 0 radical (unpaired) electrons. The van der Waals surface area contributed by atoms with Crippen molar-refractivity contribution in [3.05, 3.63) is 16.1 Å². The molecule has 0 aliphatic carbocycles. The summed E-state index contributed by atoms with van der Waals surface area (Å²) < 4.78 is 4.77. The largest absolute Gasteiger partial charge is 0.461 e. The third-order valence-electron chi connectivity index (χ3n) is 1.21. The Morgan fingerprint density at radius 2 is 2.55 bits per heavy atom. The van der Waals surface area contributed by atoms with Crippen molar-refractivity contribution in [1.82, 2.24) is 4.98 Å². The van der Waals surface area contributed by atoms with E-state index in [0.717, 1.165) is 4.88 Å². The molecular weight excluding hydrogens is 162 g/mol. The number of hydrogen-bond acceptors (Lipinski definition) is 4. The molecule has 0 saturated heterocycles. The van der Waals surface area contributed by atoms with Crippen LogP contribution in [0.25, 0.3) is 0 Å². The second-order valence-corrected chi connectivity index (χ2v) is 3.04. The van der Waals surface area contributed by atoms with Gasteiger partial charge in [-0.1, -0.05) is 0 Å². The van der Waals surface area contributed by atoms with Crippen molar-refractivity contribution in [3.63, 3.8) is 0 Å². The van der Waals surface area contributed by atoms with E-state index in [2.05, 4.69) is 4.98 Å². The Bertz CT molecular complexity index is 257. The summed E-state index contributed by atoms with van der Waals surface area (Å²) in [5, 5.41) is 0. The molecule has 0 aliphatic rings. The summed E-state index contributed by atoms with van der Waals surface area (Å²) in [4.78, 5) is 15.8. The van der Waals surface area contributed by atoms with Crippen molar-refractivity contribution in [2.75, 3.05) is 6.61 Å². The van der Waals surface area contributed by atoms with Crippen LogP contribution in [0.2, 0.25) is 0 Å². The first-order chi connectivity index (χ1) is 5.25. The maximum absolute atomic E-state index is 11.0. The molecule has 0 spiro atoms. The second kappa shape index (κ2) is 3.48. The Morgan fingerprint density at radius 1 is 1.82 bits per heavy atom. The molecule has 0 amide bonds. The van der Waals surface area contributed by atoms with Crippen molar-refractivity contribution in [2.45, 2.75) is 13.8 Å². The number of carbonyl (C=O) groups excluding carboxylic acids is 1.